The van der Waals surface area contributed by atoms with Gasteiger partial charge in [0.25, 0.3) is 0 Å². The molecule has 4 heteroatoms. The highest BCUT2D eigenvalue weighted by Crippen LogP contribution is 2.22. The summed E-state index contributed by atoms with van der Waals surface area (Å²) in [6.07, 6.45) is -0.122. The standard InChI is InChI=1S/C17H20ClNO2/c1-12-7-8-14(18)10-17(12)21-11-16(20)15(19)9-13-5-3-2-4-6-13/h2-8,10,15-16,20H,9,11,19H2,1H3. The third kappa shape index (κ3) is 4.74. The number of aryl methyl sites for hydroxylation is 1. The molecule has 3 N–H and O–H groups in total. The van der Waals surface area contributed by atoms with E-state index in [0.29, 0.717) is 17.2 Å². The van der Waals surface area contributed by atoms with Gasteiger partial charge in [-0.1, -0.05) is 48.0 Å². The molecular weight excluding hydrogens is 286 g/mol. The van der Waals surface area contributed by atoms with Crippen LogP contribution in [-0.2, 0) is 6.42 Å². The molecular formula is C17H20ClNO2. The summed E-state index contributed by atoms with van der Waals surface area (Å²) < 4.78 is 5.62. The number of nitrogens with two attached hydrogens (primary N) is 1. The second-order valence-electron chi connectivity index (χ2n) is 5.14. The molecule has 2 aromatic rings. The zero-order valence-electron chi connectivity index (χ0n) is 12.0. The van der Waals surface area contributed by atoms with Crippen molar-refractivity contribution in [2.24, 2.45) is 5.73 Å². The van der Waals surface area contributed by atoms with E-state index in [2.05, 4.69) is 0 Å². The van der Waals surface area contributed by atoms with Gasteiger partial charge in [0, 0.05) is 11.1 Å². The third-order valence-electron chi connectivity index (χ3n) is 3.37. The number of halogens is 1. The lowest BCUT2D eigenvalue weighted by atomic mass is 10.0. The Balaban J connectivity index is 1.89. The van der Waals surface area contributed by atoms with E-state index in [0.717, 1.165) is 11.1 Å². The highest BCUT2D eigenvalue weighted by molar-refractivity contribution is 6.30. The van der Waals surface area contributed by atoms with E-state index in [1.54, 1.807) is 12.1 Å². The van der Waals surface area contributed by atoms with Crippen molar-refractivity contribution in [2.75, 3.05) is 6.61 Å². The van der Waals surface area contributed by atoms with Crippen LogP contribution in [0.1, 0.15) is 11.1 Å². The molecule has 2 unspecified atom stereocenters. The van der Waals surface area contributed by atoms with Crippen LogP contribution in [0, 0.1) is 6.92 Å². The number of benzene rings is 2. The molecule has 0 amide bonds. The van der Waals surface area contributed by atoms with Crippen molar-refractivity contribution in [1.82, 2.24) is 0 Å². The number of aliphatic hydroxyl groups excluding tert-OH is 1. The molecule has 0 aromatic heterocycles. The number of aliphatic hydroxyl groups is 1. The molecule has 2 rings (SSSR count). The maximum atomic E-state index is 10.1. The minimum atomic E-state index is -0.733. The summed E-state index contributed by atoms with van der Waals surface area (Å²) in [5.41, 5.74) is 8.10. The molecule has 0 saturated heterocycles. The average Bonchev–Trinajstić information content (AvgIpc) is 2.49. The Morgan fingerprint density at radius 1 is 1.19 bits per heavy atom. The third-order valence-corrected chi connectivity index (χ3v) is 3.60. The van der Waals surface area contributed by atoms with Gasteiger partial charge in [0.1, 0.15) is 18.5 Å². The minimum absolute atomic E-state index is 0.148. The van der Waals surface area contributed by atoms with Crippen molar-refractivity contribution in [3.05, 3.63) is 64.7 Å². The van der Waals surface area contributed by atoms with Gasteiger partial charge in [-0.2, -0.15) is 0 Å². The predicted molar refractivity (Wildman–Crippen MR) is 85.8 cm³/mol. The highest BCUT2D eigenvalue weighted by atomic mass is 35.5. The van der Waals surface area contributed by atoms with Gasteiger partial charge in [0.15, 0.2) is 0 Å². The Morgan fingerprint density at radius 3 is 2.62 bits per heavy atom. The summed E-state index contributed by atoms with van der Waals surface area (Å²) in [5, 5.41) is 10.7. The van der Waals surface area contributed by atoms with Crippen LogP contribution in [-0.4, -0.2) is 23.9 Å². The topological polar surface area (TPSA) is 55.5 Å². The summed E-state index contributed by atoms with van der Waals surface area (Å²) in [7, 11) is 0. The molecule has 0 bridgehead atoms. The van der Waals surface area contributed by atoms with Gasteiger partial charge < -0.3 is 15.6 Å². The molecule has 0 saturated carbocycles. The Morgan fingerprint density at radius 2 is 1.90 bits per heavy atom. The smallest absolute Gasteiger partial charge is 0.123 e. The van der Waals surface area contributed by atoms with Gasteiger partial charge in [-0.15, -0.1) is 0 Å². The summed E-state index contributed by atoms with van der Waals surface area (Å²) >= 11 is 5.93. The van der Waals surface area contributed by atoms with Crippen molar-refractivity contribution in [1.29, 1.82) is 0 Å². The maximum Gasteiger partial charge on any atom is 0.123 e. The molecule has 0 aliphatic carbocycles. The van der Waals surface area contributed by atoms with E-state index in [9.17, 15) is 5.11 Å². The first kappa shape index (κ1) is 15.8. The zero-order chi connectivity index (χ0) is 15.2. The van der Waals surface area contributed by atoms with Crippen LogP contribution in [0.5, 0.6) is 5.75 Å². The van der Waals surface area contributed by atoms with Crippen molar-refractivity contribution in [3.8, 4) is 5.75 Å². The normalized spacial score (nSPS) is 13.7. The molecule has 0 aliphatic heterocycles. The summed E-state index contributed by atoms with van der Waals surface area (Å²) in [6, 6.07) is 14.9. The second-order valence-corrected chi connectivity index (χ2v) is 5.58. The van der Waals surface area contributed by atoms with Crippen LogP contribution in [0.3, 0.4) is 0 Å². The van der Waals surface area contributed by atoms with Crippen molar-refractivity contribution in [3.63, 3.8) is 0 Å². The number of rotatable bonds is 6. The van der Waals surface area contributed by atoms with Gasteiger partial charge in [-0.05, 0) is 36.6 Å². The summed E-state index contributed by atoms with van der Waals surface area (Å²) in [5.74, 6) is 0.675. The highest BCUT2D eigenvalue weighted by Gasteiger charge is 2.16. The van der Waals surface area contributed by atoms with Crippen molar-refractivity contribution in [2.45, 2.75) is 25.5 Å². The second kappa shape index (κ2) is 7.46. The summed E-state index contributed by atoms with van der Waals surface area (Å²) in [4.78, 5) is 0. The first-order chi connectivity index (χ1) is 10.1. The lowest BCUT2D eigenvalue weighted by Gasteiger charge is -2.20. The molecule has 0 heterocycles. The molecule has 112 valence electrons. The largest absolute Gasteiger partial charge is 0.491 e. The Kier molecular flexibility index (Phi) is 5.62. The SMILES string of the molecule is Cc1ccc(Cl)cc1OCC(O)C(N)Cc1ccccc1. The van der Waals surface area contributed by atoms with E-state index >= 15 is 0 Å². The first-order valence-electron chi connectivity index (χ1n) is 6.93. The van der Waals surface area contributed by atoms with Gasteiger partial charge >= 0.3 is 0 Å². The van der Waals surface area contributed by atoms with E-state index in [4.69, 9.17) is 22.1 Å². The van der Waals surface area contributed by atoms with E-state index in [1.165, 1.54) is 0 Å². The van der Waals surface area contributed by atoms with Gasteiger partial charge in [0.05, 0.1) is 0 Å². The lowest BCUT2D eigenvalue weighted by Crippen LogP contribution is -2.40. The van der Waals surface area contributed by atoms with Crippen molar-refractivity contribution >= 4 is 11.6 Å². The zero-order valence-corrected chi connectivity index (χ0v) is 12.8. The maximum absolute atomic E-state index is 10.1. The Hall–Kier alpha value is -1.55. The number of hydrogen-bond donors (Lipinski definition) is 2. The Labute approximate surface area is 130 Å². The van der Waals surface area contributed by atoms with Crippen LogP contribution in [0.4, 0.5) is 0 Å². The summed E-state index contributed by atoms with van der Waals surface area (Å²) in [6.45, 7) is 2.08. The Bertz CT molecular complexity index is 574. The number of ether oxygens (including phenoxy) is 1. The van der Waals surface area contributed by atoms with Crippen LogP contribution >= 0.6 is 11.6 Å². The fourth-order valence-corrected chi connectivity index (χ4v) is 2.21. The average molecular weight is 306 g/mol. The fraction of sp³-hybridized carbons (Fsp3) is 0.294. The van der Waals surface area contributed by atoms with E-state index < -0.39 is 6.10 Å². The van der Waals surface area contributed by atoms with Crippen LogP contribution < -0.4 is 10.5 Å². The van der Waals surface area contributed by atoms with Crippen LogP contribution in [0.2, 0.25) is 5.02 Å². The number of hydrogen-bond acceptors (Lipinski definition) is 3. The molecule has 3 nitrogen and oxygen atoms in total. The lowest BCUT2D eigenvalue weighted by molar-refractivity contribution is 0.0848. The molecule has 2 atom stereocenters. The molecule has 0 spiro atoms. The monoisotopic (exact) mass is 305 g/mol. The first-order valence-corrected chi connectivity index (χ1v) is 7.30. The molecule has 0 radical (unpaired) electrons. The molecule has 2 aromatic carbocycles. The molecule has 21 heavy (non-hydrogen) atoms. The van der Waals surface area contributed by atoms with Crippen molar-refractivity contribution < 1.29 is 9.84 Å². The van der Waals surface area contributed by atoms with Gasteiger partial charge in [0.2, 0.25) is 0 Å². The fourth-order valence-electron chi connectivity index (χ4n) is 2.05. The van der Waals surface area contributed by atoms with Gasteiger partial charge in [-0.3, -0.25) is 0 Å². The van der Waals surface area contributed by atoms with Crippen LogP contribution in [0.15, 0.2) is 48.5 Å². The predicted octanol–water partition coefficient (Wildman–Crippen LogP) is 2.96. The quantitative estimate of drug-likeness (QED) is 0.862. The molecule has 0 fully saturated rings. The molecule has 0 aliphatic rings. The van der Waals surface area contributed by atoms with Crippen LogP contribution in [0.25, 0.3) is 0 Å². The van der Waals surface area contributed by atoms with E-state index in [-0.39, 0.29) is 12.6 Å². The van der Waals surface area contributed by atoms with E-state index in [1.807, 2.05) is 43.3 Å². The van der Waals surface area contributed by atoms with Gasteiger partial charge in [-0.25, -0.2) is 0 Å². The minimum Gasteiger partial charge on any atom is -0.491 e.